The molecule has 0 bridgehead atoms. The SMILES string of the molecule is CC(Cl)c1nc2c(Cl)cccc2n1C1CCC(=O)N(C)C1. The molecule has 1 aliphatic rings. The number of alkyl halides is 1. The molecule has 21 heavy (non-hydrogen) atoms. The van der Waals surface area contributed by atoms with Crippen LogP contribution >= 0.6 is 23.2 Å². The highest BCUT2D eigenvalue weighted by Gasteiger charge is 2.28. The minimum atomic E-state index is -0.212. The number of rotatable bonds is 2. The Labute approximate surface area is 133 Å². The Morgan fingerprint density at radius 3 is 2.86 bits per heavy atom. The van der Waals surface area contributed by atoms with E-state index in [1.165, 1.54) is 0 Å². The fourth-order valence-electron chi connectivity index (χ4n) is 2.97. The number of carbonyl (C=O) groups is 1. The number of piperidine rings is 1. The average Bonchev–Trinajstić information content (AvgIpc) is 2.83. The quantitative estimate of drug-likeness (QED) is 0.788. The van der Waals surface area contributed by atoms with Crippen molar-refractivity contribution in [1.29, 1.82) is 0 Å². The molecule has 0 radical (unpaired) electrons. The second-order valence-electron chi connectivity index (χ2n) is 5.53. The Kier molecular flexibility index (Phi) is 3.84. The molecule has 1 amide bonds. The number of halogens is 2. The number of likely N-dealkylation sites (tertiary alicyclic amines) is 1. The number of likely N-dealkylation sites (N-methyl/N-ethyl adjacent to an activating group) is 1. The second kappa shape index (κ2) is 5.50. The molecule has 3 rings (SSSR count). The van der Waals surface area contributed by atoms with E-state index in [1.54, 1.807) is 4.90 Å². The van der Waals surface area contributed by atoms with Crippen LogP contribution in [-0.2, 0) is 4.79 Å². The van der Waals surface area contributed by atoms with E-state index < -0.39 is 0 Å². The maximum atomic E-state index is 11.7. The number of imidazole rings is 1. The van der Waals surface area contributed by atoms with Gasteiger partial charge in [-0.1, -0.05) is 17.7 Å². The van der Waals surface area contributed by atoms with Crippen molar-refractivity contribution in [2.24, 2.45) is 0 Å². The molecule has 0 N–H and O–H groups in total. The molecule has 1 saturated heterocycles. The molecule has 2 aromatic rings. The van der Waals surface area contributed by atoms with Crippen LogP contribution in [0.5, 0.6) is 0 Å². The standard InChI is InChI=1S/C15H17Cl2N3O/c1-9(16)15-18-14-11(17)4-3-5-12(14)20(15)10-6-7-13(21)19(2)8-10/h3-5,9-10H,6-8H2,1-2H3. The van der Waals surface area contributed by atoms with Crippen LogP contribution in [0.25, 0.3) is 11.0 Å². The molecule has 1 aliphatic heterocycles. The molecule has 1 aromatic carbocycles. The molecule has 2 atom stereocenters. The Morgan fingerprint density at radius 1 is 1.43 bits per heavy atom. The summed E-state index contributed by atoms with van der Waals surface area (Å²) in [6.45, 7) is 2.58. The van der Waals surface area contributed by atoms with Crippen LogP contribution in [0.4, 0.5) is 0 Å². The number of fused-ring (bicyclic) bond motifs is 1. The molecule has 1 aromatic heterocycles. The molecule has 0 spiro atoms. The lowest BCUT2D eigenvalue weighted by atomic mass is 10.0. The summed E-state index contributed by atoms with van der Waals surface area (Å²) in [5, 5.41) is 0.418. The maximum absolute atomic E-state index is 11.7. The monoisotopic (exact) mass is 325 g/mol. The Hall–Kier alpha value is -1.26. The van der Waals surface area contributed by atoms with Gasteiger partial charge < -0.3 is 9.47 Å². The third-order valence-corrected chi connectivity index (χ3v) is 4.52. The Balaban J connectivity index is 2.14. The van der Waals surface area contributed by atoms with Crippen molar-refractivity contribution in [3.05, 3.63) is 29.0 Å². The van der Waals surface area contributed by atoms with Crippen molar-refractivity contribution >= 4 is 40.1 Å². The zero-order valence-corrected chi connectivity index (χ0v) is 13.5. The van der Waals surface area contributed by atoms with Crippen molar-refractivity contribution in [2.75, 3.05) is 13.6 Å². The van der Waals surface area contributed by atoms with Crippen LogP contribution in [0.15, 0.2) is 18.2 Å². The van der Waals surface area contributed by atoms with E-state index in [4.69, 9.17) is 23.2 Å². The first-order valence-corrected chi connectivity index (χ1v) is 7.85. The fourth-order valence-corrected chi connectivity index (χ4v) is 3.33. The predicted octanol–water partition coefficient (Wildman–Crippen LogP) is 3.78. The molecule has 2 heterocycles. The molecular formula is C15H17Cl2N3O. The zero-order chi connectivity index (χ0) is 15.1. The van der Waals surface area contributed by atoms with Gasteiger partial charge in [0, 0.05) is 20.0 Å². The third-order valence-electron chi connectivity index (χ3n) is 4.02. The highest BCUT2D eigenvalue weighted by Crippen LogP contribution is 2.34. The third kappa shape index (κ3) is 2.51. The minimum Gasteiger partial charge on any atom is -0.344 e. The van der Waals surface area contributed by atoms with Crippen LogP contribution in [0, 0.1) is 0 Å². The van der Waals surface area contributed by atoms with Crippen molar-refractivity contribution in [2.45, 2.75) is 31.2 Å². The second-order valence-corrected chi connectivity index (χ2v) is 6.59. The summed E-state index contributed by atoms with van der Waals surface area (Å²) in [4.78, 5) is 18.1. The van der Waals surface area contributed by atoms with E-state index in [0.29, 0.717) is 18.0 Å². The summed E-state index contributed by atoms with van der Waals surface area (Å²) in [5.74, 6) is 1.00. The first kappa shape index (κ1) is 14.7. The lowest BCUT2D eigenvalue weighted by molar-refractivity contribution is -0.132. The number of aromatic nitrogens is 2. The predicted molar refractivity (Wildman–Crippen MR) is 84.9 cm³/mol. The van der Waals surface area contributed by atoms with Gasteiger partial charge in [0.15, 0.2) is 0 Å². The first-order valence-electron chi connectivity index (χ1n) is 7.03. The van der Waals surface area contributed by atoms with E-state index in [-0.39, 0.29) is 17.3 Å². The molecule has 2 unspecified atom stereocenters. The molecular weight excluding hydrogens is 309 g/mol. The van der Waals surface area contributed by atoms with Gasteiger partial charge in [0.1, 0.15) is 11.3 Å². The highest BCUT2D eigenvalue weighted by molar-refractivity contribution is 6.35. The van der Waals surface area contributed by atoms with Crippen molar-refractivity contribution in [3.8, 4) is 0 Å². The Morgan fingerprint density at radius 2 is 2.19 bits per heavy atom. The summed E-state index contributed by atoms with van der Waals surface area (Å²) in [5.41, 5.74) is 1.76. The van der Waals surface area contributed by atoms with E-state index >= 15 is 0 Å². The van der Waals surface area contributed by atoms with Gasteiger partial charge in [0.2, 0.25) is 5.91 Å². The number of hydrogen-bond acceptors (Lipinski definition) is 2. The van der Waals surface area contributed by atoms with Gasteiger partial charge >= 0.3 is 0 Å². The van der Waals surface area contributed by atoms with E-state index in [2.05, 4.69) is 9.55 Å². The molecule has 1 fully saturated rings. The number of benzene rings is 1. The van der Waals surface area contributed by atoms with Crippen LogP contribution in [0.3, 0.4) is 0 Å². The van der Waals surface area contributed by atoms with Crippen LogP contribution in [0.1, 0.15) is 37.0 Å². The normalized spacial score (nSPS) is 21.0. The molecule has 112 valence electrons. The lowest BCUT2D eigenvalue weighted by Crippen LogP contribution is -2.38. The topological polar surface area (TPSA) is 38.1 Å². The first-order chi connectivity index (χ1) is 9.99. The highest BCUT2D eigenvalue weighted by atomic mass is 35.5. The number of carbonyl (C=O) groups excluding carboxylic acids is 1. The minimum absolute atomic E-state index is 0.187. The number of hydrogen-bond donors (Lipinski definition) is 0. The summed E-state index contributed by atoms with van der Waals surface area (Å²) >= 11 is 12.6. The molecule has 0 aliphatic carbocycles. The number of amides is 1. The van der Waals surface area contributed by atoms with Gasteiger partial charge in [0.05, 0.1) is 22.0 Å². The maximum Gasteiger partial charge on any atom is 0.222 e. The van der Waals surface area contributed by atoms with Crippen LogP contribution in [0.2, 0.25) is 5.02 Å². The van der Waals surface area contributed by atoms with Gasteiger partial charge in [-0.3, -0.25) is 4.79 Å². The van der Waals surface area contributed by atoms with Crippen molar-refractivity contribution in [3.63, 3.8) is 0 Å². The van der Waals surface area contributed by atoms with Crippen LogP contribution < -0.4 is 0 Å². The molecule has 0 saturated carbocycles. The number of nitrogens with zero attached hydrogens (tertiary/aromatic N) is 3. The van der Waals surface area contributed by atoms with Crippen molar-refractivity contribution in [1.82, 2.24) is 14.5 Å². The van der Waals surface area contributed by atoms with E-state index in [1.807, 2.05) is 32.2 Å². The van der Waals surface area contributed by atoms with Crippen molar-refractivity contribution < 1.29 is 4.79 Å². The number of para-hydroxylation sites is 1. The fraction of sp³-hybridized carbons (Fsp3) is 0.467. The summed E-state index contributed by atoms with van der Waals surface area (Å²) in [7, 11) is 1.84. The van der Waals surface area contributed by atoms with E-state index in [0.717, 1.165) is 23.3 Å². The average molecular weight is 326 g/mol. The van der Waals surface area contributed by atoms with Gasteiger partial charge in [-0.25, -0.2) is 4.98 Å². The smallest absolute Gasteiger partial charge is 0.222 e. The Bertz CT molecular complexity index is 696. The molecule has 4 nitrogen and oxygen atoms in total. The largest absolute Gasteiger partial charge is 0.344 e. The zero-order valence-electron chi connectivity index (χ0n) is 12.0. The summed E-state index contributed by atoms with van der Waals surface area (Å²) < 4.78 is 2.15. The molecule has 6 heteroatoms. The van der Waals surface area contributed by atoms with Gasteiger partial charge in [-0.2, -0.15) is 0 Å². The van der Waals surface area contributed by atoms with Gasteiger partial charge in [-0.05, 0) is 25.5 Å². The summed E-state index contributed by atoms with van der Waals surface area (Å²) in [6, 6.07) is 5.95. The van der Waals surface area contributed by atoms with E-state index in [9.17, 15) is 4.79 Å². The van der Waals surface area contributed by atoms with Gasteiger partial charge in [-0.15, -0.1) is 11.6 Å². The lowest BCUT2D eigenvalue weighted by Gasteiger charge is -2.32. The summed E-state index contributed by atoms with van der Waals surface area (Å²) in [6.07, 6.45) is 1.36. The van der Waals surface area contributed by atoms with Crippen LogP contribution in [-0.4, -0.2) is 34.0 Å². The van der Waals surface area contributed by atoms with Gasteiger partial charge in [0.25, 0.3) is 0 Å².